The van der Waals surface area contributed by atoms with E-state index in [0.29, 0.717) is 0 Å². The maximum atomic E-state index is 11.8. The molecule has 0 spiro atoms. The third-order valence-corrected chi connectivity index (χ3v) is 2.51. The minimum Gasteiger partial charge on any atom is -0.310 e. The van der Waals surface area contributed by atoms with Crippen LogP contribution in [0.4, 0.5) is 4.79 Å². The molecule has 0 aromatic rings. The Labute approximate surface area is 84.9 Å². The minimum absolute atomic E-state index is 0.0544. The van der Waals surface area contributed by atoms with Crippen molar-refractivity contribution in [3.8, 4) is 0 Å². The van der Waals surface area contributed by atoms with E-state index >= 15 is 0 Å². The number of hydrogen-bond acceptors (Lipinski definition) is 2. The van der Waals surface area contributed by atoms with Crippen LogP contribution in [0.1, 0.15) is 34.6 Å². The predicted molar refractivity (Wildman–Crippen MR) is 53.8 cm³/mol. The average molecular weight is 198 g/mol. The van der Waals surface area contributed by atoms with Gasteiger partial charge in [-0.25, -0.2) is 4.79 Å². The molecule has 1 atom stereocenters. The number of urea groups is 1. The Balaban J connectivity index is 2.97. The molecule has 1 heterocycles. The Morgan fingerprint density at radius 2 is 1.57 bits per heavy atom. The van der Waals surface area contributed by atoms with Gasteiger partial charge in [-0.15, -0.1) is 0 Å². The lowest BCUT2D eigenvalue weighted by atomic mass is 10.2. The highest BCUT2D eigenvalue weighted by atomic mass is 16.2. The summed E-state index contributed by atoms with van der Waals surface area (Å²) in [5.74, 6) is -0.0845. The molecule has 4 heteroatoms. The quantitative estimate of drug-likeness (QED) is 0.630. The Kier molecular flexibility index (Phi) is 2.83. The number of carbonyl (C=O) groups excluding carboxylic acids is 2. The molecular weight excluding hydrogens is 180 g/mol. The highest BCUT2D eigenvalue weighted by Crippen LogP contribution is 2.21. The molecule has 1 fully saturated rings. The number of carbonyl (C=O) groups is 2. The molecule has 0 saturated carbocycles. The van der Waals surface area contributed by atoms with Gasteiger partial charge >= 0.3 is 6.03 Å². The first-order valence-electron chi connectivity index (χ1n) is 5.03. The monoisotopic (exact) mass is 198 g/mol. The van der Waals surface area contributed by atoms with E-state index in [1.807, 2.05) is 27.7 Å². The molecule has 3 amide bonds. The minimum atomic E-state index is -0.315. The molecule has 0 radical (unpaired) electrons. The average Bonchev–Trinajstić information content (AvgIpc) is 2.23. The summed E-state index contributed by atoms with van der Waals surface area (Å²) in [6.45, 7) is 9.33. The second kappa shape index (κ2) is 3.59. The third kappa shape index (κ3) is 1.49. The van der Waals surface area contributed by atoms with Crippen molar-refractivity contribution in [1.29, 1.82) is 0 Å². The third-order valence-electron chi connectivity index (χ3n) is 2.51. The molecule has 1 saturated heterocycles. The lowest BCUT2D eigenvalue weighted by Gasteiger charge is -2.24. The first kappa shape index (κ1) is 11.0. The van der Waals surface area contributed by atoms with Gasteiger partial charge in [0.1, 0.15) is 6.04 Å². The van der Waals surface area contributed by atoms with Gasteiger partial charge in [-0.3, -0.25) is 9.69 Å². The zero-order chi connectivity index (χ0) is 11.0. The van der Waals surface area contributed by atoms with Crippen LogP contribution in [0.5, 0.6) is 0 Å². The van der Waals surface area contributed by atoms with Crippen molar-refractivity contribution in [2.75, 3.05) is 0 Å². The van der Waals surface area contributed by atoms with Crippen LogP contribution >= 0.6 is 0 Å². The van der Waals surface area contributed by atoms with Crippen LogP contribution in [-0.2, 0) is 4.79 Å². The second-order valence-electron chi connectivity index (χ2n) is 4.26. The van der Waals surface area contributed by atoms with Crippen LogP contribution in [0.2, 0.25) is 0 Å². The summed E-state index contributed by atoms with van der Waals surface area (Å²) in [4.78, 5) is 26.5. The highest BCUT2D eigenvalue weighted by Gasteiger charge is 2.44. The van der Waals surface area contributed by atoms with E-state index in [9.17, 15) is 9.59 Å². The van der Waals surface area contributed by atoms with Crippen LogP contribution in [-0.4, -0.2) is 39.9 Å². The molecule has 0 aromatic heterocycles. The topological polar surface area (TPSA) is 40.6 Å². The summed E-state index contributed by atoms with van der Waals surface area (Å²) in [5, 5.41) is 0. The number of amides is 3. The van der Waals surface area contributed by atoms with Crippen LogP contribution in [0.15, 0.2) is 0 Å². The summed E-state index contributed by atoms with van der Waals surface area (Å²) >= 11 is 0. The van der Waals surface area contributed by atoms with Gasteiger partial charge in [0.05, 0.1) is 0 Å². The first-order chi connectivity index (χ1) is 6.37. The van der Waals surface area contributed by atoms with Gasteiger partial charge in [0.2, 0.25) is 0 Å². The summed E-state index contributed by atoms with van der Waals surface area (Å²) in [7, 11) is 0. The van der Waals surface area contributed by atoms with E-state index in [0.717, 1.165) is 0 Å². The van der Waals surface area contributed by atoms with E-state index in [-0.39, 0.29) is 30.1 Å². The fraction of sp³-hybridized carbons (Fsp3) is 0.800. The van der Waals surface area contributed by atoms with Crippen LogP contribution in [0.25, 0.3) is 0 Å². The molecule has 1 unspecified atom stereocenters. The van der Waals surface area contributed by atoms with Crippen molar-refractivity contribution in [2.45, 2.75) is 52.7 Å². The summed E-state index contributed by atoms with van der Waals surface area (Å²) in [6, 6.07) is -0.455. The normalized spacial score (nSPS) is 23.2. The van der Waals surface area contributed by atoms with Gasteiger partial charge < -0.3 is 4.90 Å². The van der Waals surface area contributed by atoms with E-state index in [2.05, 4.69) is 0 Å². The molecule has 0 N–H and O–H groups in total. The summed E-state index contributed by atoms with van der Waals surface area (Å²) < 4.78 is 0. The Bertz CT molecular complexity index is 261. The molecule has 0 aromatic carbocycles. The molecule has 1 aliphatic heterocycles. The van der Waals surface area contributed by atoms with Gasteiger partial charge in [-0.1, -0.05) is 0 Å². The van der Waals surface area contributed by atoms with Crippen LogP contribution in [0.3, 0.4) is 0 Å². The first-order valence-corrected chi connectivity index (χ1v) is 5.03. The molecule has 80 valence electrons. The van der Waals surface area contributed by atoms with Crippen LogP contribution in [0, 0.1) is 0 Å². The number of nitrogens with zero attached hydrogens (tertiary/aromatic N) is 2. The van der Waals surface area contributed by atoms with Crippen LogP contribution < -0.4 is 0 Å². The maximum Gasteiger partial charge on any atom is 0.327 e. The van der Waals surface area contributed by atoms with E-state index in [1.165, 1.54) is 4.90 Å². The fourth-order valence-electron chi connectivity index (χ4n) is 1.85. The van der Waals surface area contributed by atoms with E-state index in [4.69, 9.17) is 0 Å². The van der Waals surface area contributed by atoms with Gasteiger partial charge in [0, 0.05) is 12.1 Å². The summed E-state index contributed by atoms with van der Waals surface area (Å²) in [6.07, 6.45) is 0. The SMILES string of the molecule is CC(C)N1C(=O)C(C)N(C(C)C)C1=O. The van der Waals surface area contributed by atoms with Crippen molar-refractivity contribution in [2.24, 2.45) is 0 Å². The molecule has 4 nitrogen and oxygen atoms in total. The predicted octanol–water partition coefficient (Wildman–Crippen LogP) is 1.46. The molecular formula is C10H18N2O2. The largest absolute Gasteiger partial charge is 0.327 e. The van der Waals surface area contributed by atoms with Gasteiger partial charge in [-0.05, 0) is 34.6 Å². The van der Waals surface area contributed by atoms with Crippen molar-refractivity contribution in [1.82, 2.24) is 9.80 Å². The molecule has 14 heavy (non-hydrogen) atoms. The number of imide groups is 1. The van der Waals surface area contributed by atoms with E-state index < -0.39 is 0 Å². The highest BCUT2D eigenvalue weighted by molar-refractivity contribution is 6.04. The van der Waals surface area contributed by atoms with Gasteiger partial charge in [0.15, 0.2) is 0 Å². The smallest absolute Gasteiger partial charge is 0.310 e. The molecule has 1 rings (SSSR count). The van der Waals surface area contributed by atoms with Crippen molar-refractivity contribution in [3.05, 3.63) is 0 Å². The lowest BCUT2D eigenvalue weighted by Crippen LogP contribution is -2.40. The summed E-state index contributed by atoms with van der Waals surface area (Å²) in [5.41, 5.74) is 0. The van der Waals surface area contributed by atoms with Crippen molar-refractivity contribution < 1.29 is 9.59 Å². The van der Waals surface area contributed by atoms with Crippen molar-refractivity contribution in [3.63, 3.8) is 0 Å². The second-order valence-corrected chi connectivity index (χ2v) is 4.26. The van der Waals surface area contributed by atoms with Crippen molar-refractivity contribution >= 4 is 11.9 Å². The Morgan fingerprint density at radius 1 is 1.07 bits per heavy atom. The zero-order valence-electron chi connectivity index (χ0n) is 9.44. The standard InChI is InChI=1S/C10H18N2O2/c1-6(2)11-8(5)9(13)12(7(3)4)10(11)14/h6-8H,1-5H3. The molecule has 0 bridgehead atoms. The Morgan fingerprint density at radius 3 is 1.79 bits per heavy atom. The lowest BCUT2D eigenvalue weighted by molar-refractivity contribution is -0.129. The number of hydrogen-bond donors (Lipinski definition) is 0. The number of rotatable bonds is 2. The fourth-order valence-corrected chi connectivity index (χ4v) is 1.85. The van der Waals surface area contributed by atoms with E-state index in [1.54, 1.807) is 11.8 Å². The Hall–Kier alpha value is -1.06. The molecule has 0 aliphatic carbocycles. The van der Waals surface area contributed by atoms with Gasteiger partial charge in [0.25, 0.3) is 5.91 Å². The maximum absolute atomic E-state index is 11.8. The zero-order valence-corrected chi connectivity index (χ0v) is 9.44. The molecule has 1 aliphatic rings. The van der Waals surface area contributed by atoms with Gasteiger partial charge in [-0.2, -0.15) is 0 Å².